The van der Waals surface area contributed by atoms with Crippen LogP contribution in [0.4, 0.5) is 13.2 Å². The summed E-state index contributed by atoms with van der Waals surface area (Å²) in [7, 11) is 0. The molecule has 1 heterocycles. The summed E-state index contributed by atoms with van der Waals surface area (Å²) >= 11 is 0. The summed E-state index contributed by atoms with van der Waals surface area (Å²) in [4.78, 5) is 0. The zero-order valence-electron chi connectivity index (χ0n) is 7.93. The first-order valence-corrected chi connectivity index (χ1v) is 4.38. The van der Waals surface area contributed by atoms with Crippen molar-refractivity contribution in [3.8, 4) is 0 Å². The Morgan fingerprint density at radius 2 is 2.21 bits per heavy atom. The number of ether oxygens (including phenoxy) is 2. The van der Waals surface area contributed by atoms with Crippen LogP contribution in [0, 0.1) is 0 Å². The van der Waals surface area contributed by atoms with E-state index in [4.69, 9.17) is 10.5 Å². The van der Waals surface area contributed by atoms with Crippen LogP contribution in [0.5, 0.6) is 0 Å². The molecular formula is C8H14F3NO2. The van der Waals surface area contributed by atoms with Gasteiger partial charge < -0.3 is 15.2 Å². The first-order valence-electron chi connectivity index (χ1n) is 4.38. The predicted molar refractivity (Wildman–Crippen MR) is 43.8 cm³/mol. The van der Waals surface area contributed by atoms with Gasteiger partial charge in [-0.25, -0.2) is 0 Å². The number of alkyl halides is 3. The normalized spacial score (nSPS) is 33.6. The topological polar surface area (TPSA) is 44.5 Å². The van der Waals surface area contributed by atoms with E-state index in [1.165, 1.54) is 0 Å². The van der Waals surface area contributed by atoms with Gasteiger partial charge in [0, 0.05) is 6.61 Å². The molecule has 0 radical (unpaired) electrons. The molecule has 1 fully saturated rings. The van der Waals surface area contributed by atoms with E-state index in [-0.39, 0.29) is 12.7 Å². The SMILES string of the molecule is CC1OCCC1(N)COCC(F)(F)F. The van der Waals surface area contributed by atoms with Gasteiger partial charge in [0.1, 0.15) is 6.61 Å². The number of rotatable bonds is 3. The fourth-order valence-electron chi connectivity index (χ4n) is 1.34. The molecule has 0 bridgehead atoms. The zero-order valence-corrected chi connectivity index (χ0v) is 7.93. The van der Waals surface area contributed by atoms with Gasteiger partial charge in [-0.2, -0.15) is 13.2 Å². The first-order chi connectivity index (χ1) is 6.33. The molecule has 0 saturated carbocycles. The molecular weight excluding hydrogens is 199 g/mol. The van der Waals surface area contributed by atoms with Crippen LogP contribution in [0.25, 0.3) is 0 Å². The molecule has 0 spiro atoms. The van der Waals surface area contributed by atoms with Crippen molar-refractivity contribution in [3.63, 3.8) is 0 Å². The van der Waals surface area contributed by atoms with Gasteiger partial charge in [-0.15, -0.1) is 0 Å². The van der Waals surface area contributed by atoms with E-state index in [0.717, 1.165) is 0 Å². The van der Waals surface area contributed by atoms with E-state index in [1.807, 2.05) is 0 Å². The maximum Gasteiger partial charge on any atom is 0.411 e. The molecule has 84 valence electrons. The number of hydrogen-bond acceptors (Lipinski definition) is 3. The third kappa shape index (κ3) is 3.11. The third-order valence-electron chi connectivity index (χ3n) is 2.38. The molecule has 0 aromatic carbocycles. The van der Waals surface area contributed by atoms with Crippen LogP contribution in [0.3, 0.4) is 0 Å². The van der Waals surface area contributed by atoms with Crippen LogP contribution >= 0.6 is 0 Å². The summed E-state index contributed by atoms with van der Waals surface area (Å²) in [6, 6.07) is 0. The minimum atomic E-state index is -4.29. The van der Waals surface area contributed by atoms with E-state index in [9.17, 15) is 13.2 Å². The lowest BCUT2D eigenvalue weighted by Gasteiger charge is -2.27. The molecule has 0 aromatic heterocycles. The molecule has 14 heavy (non-hydrogen) atoms. The Bertz CT molecular complexity index is 198. The minimum Gasteiger partial charge on any atom is -0.376 e. The largest absolute Gasteiger partial charge is 0.411 e. The lowest BCUT2D eigenvalue weighted by atomic mass is 9.95. The summed E-state index contributed by atoms with van der Waals surface area (Å²) in [6.45, 7) is 0.851. The molecule has 2 unspecified atom stereocenters. The summed E-state index contributed by atoms with van der Waals surface area (Å²) in [6.07, 6.45) is -4.01. The second-order valence-corrected chi connectivity index (χ2v) is 3.60. The van der Waals surface area contributed by atoms with Crippen molar-refractivity contribution >= 4 is 0 Å². The Balaban J connectivity index is 2.30. The second-order valence-electron chi connectivity index (χ2n) is 3.60. The Morgan fingerprint density at radius 3 is 2.64 bits per heavy atom. The Morgan fingerprint density at radius 1 is 1.57 bits per heavy atom. The van der Waals surface area contributed by atoms with E-state index < -0.39 is 18.3 Å². The van der Waals surface area contributed by atoms with Crippen molar-refractivity contribution in [1.29, 1.82) is 0 Å². The van der Waals surface area contributed by atoms with E-state index in [1.54, 1.807) is 6.92 Å². The average molecular weight is 213 g/mol. The van der Waals surface area contributed by atoms with Crippen molar-refractivity contribution in [2.45, 2.75) is 31.2 Å². The first kappa shape index (κ1) is 11.7. The zero-order chi connectivity index (χ0) is 10.8. The third-order valence-corrected chi connectivity index (χ3v) is 2.38. The van der Waals surface area contributed by atoms with Crippen LogP contribution in [0.15, 0.2) is 0 Å². The number of hydrogen-bond donors (Lipinski definition) is 1. The Kier molecular flexibility index (Phi) is 3.39. The molecule has 1 saturated heterocycles. The maximum absolute atomic E-state index is 11.8. The second kappa shape index (κ2) is 4.04. The van der Waals surface area contributed by atoms with Gasteiger partial charge >= 0.3 is 6.18 Å². The molecule has 2 N–H and O–H groups in total. The van der Waals surface area contributed by atoms with Crippen LogP contribution in [0.2, 0.25) is 0 Å². The van der Waals surface area contributed by atoms with E-state index in [2.05, 4.69) is 4.74 Å². The van der Waals surface area contributed by atoms with Crippen molar-refractivity contribution in [2.75, 3.05) is 19.8 Å². The fourth-order valence-corrected chi connectivity index (χ4v) is 1.34. The highest BCUT2D eigenvalue weighted by Gasteiger charge is 2.39. The molecule has 2 atom stereocenters. The molecule has 1 rings (SSSR count). The molecule has 0 aromatic rings. The number of halogens is 3. The van der Waals surface area contributed by atoms with E-state index >= 15 is 0 Å². The van der Waals surface area contributed by atoms with Gasteiger partial charge in [-0.1, -0.05) is 0 Å². The predicted octanol–water partition coefficient (Wildman–Crippen LogP) is 1.07. The van der Waals surface area contributed by atoms with Gasteiger partial charge in [-0.3, -0.25) is 0 Å². The van der Waals surface area contributed by atoms with Gasteiger partial charge in [0.15, 0.2) is 0 Å². The average Bonchev–Trinajstić information content (AvgIpc) is 2.30. The summed E-state index contributed by atoms with van der Waals surface area (Å²) in [5, 5.41) is 0. The minimum absolute atomic E-state index is 0.117. The molecule has 6 heteroatoms. The quantitative estimate of drug-likeness (QED) is 0.762. The van der Waals surface area contributed by atoms with E-state index in [0.29, 0.717) is 13.0 Å². The lowest BCUT2D eigenvalue weighted by Crippen LogP contribution is -2.50. The standard InChI is InChI=1S/C8H14F3NO2/c1-6-7(12,2-3-14-6)4-13-5-8(9,10)11/h6H,2-5,12H2,1H3. The highest BCUT2D eigenvalue weighted by Crippen LogP contribution is 2.24. The Labute approximate surface area is 80.4 Å². The fraction of sp³-hybridized carbons (Fsp3) is 1.00. The highest BCUT2D eigenvalue weighted by molar-refractivity contribution is 4.94. The smallest absolute Gasteiger partial charge is 0.376 e. The van der Waals surface area contributed by atoms with Crippen LogP contribution < -0.4 is 5.73 Å². The van der Waals surface area contributed by atoms with Crippen molar-refractivity contribution in [2.24, 2.45) is 5.73 Å². The molecule has 0 amide bonds. The van der Waals surface area contributed by atoms with Gasteiger partial charge in [0.25, 0.3) is 0 Å². The van der Waals surface area contributed by atoms with Crippen LogP contribution in [-0.2, 0) is 9.47 Å². The molecule has 3 nitrogen and oxygen atoms in total. The van der Waals surface area contributed by atoms with Gasteiger partial charge in [0.2, 0.25) is 0 Å². The highest BCUT2D eigenvalue weighted by atomic mass is 19.4. The monoisotopic (exact) mass is 213 g/mol. The molecule has 1 aliphatic rings. The summed E-state index contributed by atoms with van der Waals surface area (Å²) in [5.74, 6) is 0. The maximum atomic E-state index is 11.8. The summed E-state index contributed by atoms with van der Waals surface area (Å²) < 4.78 is 45.0. The van der Waals surface area contributed by atoms with Crippen molar-refractivity contribution < 1.29 is 22.6 Å². The summed E-state index contributed by atoms with van der Waals surface area (Å²) in [5.41, 5.74) is 5.04. The molecule has 0 aliphatic carbocycles. The van der Waals surface area contributed by atoms with Crippen molar-refractivity contribution in [3.05, 3.63) is 0 Å². The molecule has 1 aliphatic heterocycles. The lowest BCUT2D eigenvalue weighted by molar-refractivity contribution is -0.178. The Hall–Kier alpha value is -0.330. The van der Waals surface area contributed by atoms with Gasteiger partial charge in [0.05, 0.1) is 18.2 Å². The van der Waals surface area contributed by atoms with Crippen LogP contribution in [-0.4, -0.2) is 37.6 Å². The number of nitrogens with two attached hydrogens (primary N) is 1. The van der Waals surface area contributed by atoms with Crippen LogP contribution in [0.1, 0.15) is 13.3 Å². The van der Waals surface area contributed by atoms with Crippen molar-refractivity contribution in [1.82, 2.24) is 0 Å². The van der Waals surface area contributed by atoms with Gasteiger partial charge in [-0.05, 0) is 13.3 Å².